The third kappa shape index (κ3) is 6.74. The Morgan fingerprint density at radius 1 is 0.971 bits per heavy atom. The van der Waals surface area contributed by atoms with Crippen molar-refractivity contribution in [1.29, 1.82) is 0 Å². The van der Waals surface area contributed by atoms with Crippen LogP contribution < -0.4 is 16.0 Å². The van der Waals surface area contributed by atoms with Gasteiger partial charge in [0, 0.05) is 18.3 Å². The number of hydrogen-bond donors (Lipinski definition) is 3. The summed E-state index contributed by atoms with van der Waals surface area (Å²) in [6.45, 7) is 4.07. The predicted octanol–water partition coefficient (Wildman–Crippen LogP) is 5.26. The van der Waals surface area contributed by atoms with E-state index in [2.05, 4.69) is 20.9 Å². The minimum absolute atomic E-state index is 0.112. The topological polar surface area (TPSA) is 119 Å². The Labute approximate surface area is 202 Å². The van der Waals surface area contributed by atoms with Gasteiger partial charge in [-0.2, -0.15) is 0 Å². The lowest BCUT2D eigenvalue weighted by Gasteiger charge is -2.17. The molecule has 1 heterocycles. The fraction of sp³-hybridized carbons (Fsp3) is 0.261. The lowest BCUT2D eigenvalue weighted by atomic mass is 10.1. The second-order valence-electron chi connectivity index (χ2n) is 7.02. The summed E-state index contributed by atoms with van der Waals surface area (Å²) in [5, 5.41) is 9.23. The summed E-state index contributed by atoms with van der Waals surface area (Å²) in [7, 11) is -1.74. The van der Waals surface area contributed by atoms with Crippen molar-refractivity contribution >= 4 is 46.6 Å². The van der Waals surface area contributed by atoms with Crippen molar-refractivity contribution in [3.63, 3.8) is 0 Å². The monoisotopic (exact) mass is 502 g/mol. The molecule has 2 aromatic carbocycles. The maximum atomic E-state index is 12.9. The van der Waals surface area contributed by atoms with Crippen molar-refractivity contribution < 1.29 is 23.2 Å². The Bertz CT molecular complexity index is 1160. The highest BCUT2D eigenvalue weighted by atomic mass is 32.1. The van der Waals surface area contributed by atoms with E-state index in [4.69, 9.17) is 9.05 Å². The number of amides is 2. The summed E-state index contributed by atoms with van der Waals surface area (Å²) >= 11 is 1.16. The van der Waals surface area contributed by atoms with Gasteiger partial charge in [0.15, 0.2) is 10.8 Å². The number of anilines is 3. The van der Waals surface area contributed by atoms with Gasteiger partial charge >= 0.3 is 7.60 Å². The first-order valence-corrected chi connectivity index (χ1v) is 13.2. The van der Waals surface area contributed by atoms with E-state index < -0.39 is 19.4 Å². The number of rotatable bonds is 11. The number of thiazole rings is 1. The van der Waals surface area contributed by atoms with Crippen LogP contribution >= 0.6 is 18.9 Å². The van der Waals surface area contributed by atoms with Crippen LogP contribution in [0.25, 0.3) is 0 Å². The second-order valence-corrected chi connectivity index (χ2v) is 10.1. The molecule has 0 aliphatic rings. The number of benzene rings is 2. The lowest BCUT2D eigenvalue weighted by Crippen LogP contribution is -2.21. The number of carbonyl (C=O) groups is 2. The van der Waals surface area contributed by atoms with E-state index in [0.29, 0.717) is 15.7 Å². The average Bonchev–Trinajstić information content (AvgIpc) is 3.21. The second kappa shape index (κ2) is 11.9. The molecule has 0 saturated carbocycles. The van der Waals surface area contributed by atoms with Gasteiger partial charge in [-0.25, -0.2) is 4.98 Å². The molecule has 0 atom stereocenters. The van der Waals surface area contributed by atoms with Gasteiger partial charge in [-0.05, 0) is 43.7 Å². The predicted molar refractivity (Wildman–Crippen MR) is 134 cm³/mol. The first kappa shape index (κ1) is 25.6. The molecule has 0 spiro atoms. The van der Waals surface area contributed by atoms with Crippen molar-refractivity contribution in [2.45, 2.75) is 20.0 Å². The van der Waals surface area contributed by atoms with Crippen LogP contribution in [0.2, 0.25) is 0 Å². The maximum Gasteiger partial charge on any atom is 0.335 e. The van der Waals surface area contributed by atoms with Crippen molar-refractivity contribution in [3.05, 3.63) is 71.4 Å². The van der Waals surface area contributed by atoms with E-state index in [1.54, 1.807) is 38.1 Å². The van der Waals surface area contributed by atoms with Crippen molar-refractivity contribution in [1.82, 2.24) is 10.3 Å². The lowest BCUT2D eigenvalue weighted by molar-refractivity contribution is 0.0959. The third-order valence-electron chi connectivity index (χ3n) is 4.57. The van der Waals surface area contributed by atoms with Crippen molar-refractivity contribution in [3.8, 4) is 0 Å². The van der Waals surface area contributed by atoms with Crippen LogP contribution in [-0.2, 0) is 19.8 Å². The summed E-state index contributed by atoms with van der Waals surface area (Å²) in [6.07, 6.45) is 0.112. The summed E-state index contributed by atoms with van der Waals surface area (Å²) < 4.78 is 23.4. The molecule has 0 aliphatic carbocycles. The normalized spacial score (nSPS) is 11.1. The zero-order chi connectivity index (χ0) is 24.6. The van der Waals surface area contributed by atoms with Crippen LogP contribution in [0, 0.1) is 0 Å². The van der Waals surface area contributed by atoms with Gasteiger partial charge in [0.2, 0.25) is 0 Å². The van der Waals surface area contributed by atoms with Crippen LogP contribution in [0.15, 0.2) is 54.6 Å². The van der Waals surface area contributed by atoms with Crippen LogP contribution in [0.5, 0.6) is 0 Å². The Morgan fingerprint density at radius 3 is 2.21 bits per heavy atom. The average molecular weight is 503 g/mol. The van der Waals surface area contributed by atoms with Gasteiger partial charge in [-0.1, -0.05) is 41.7 Å². The van der Waals surface area contributed by atoms with Gasteiger partial charge in [0.25, 0.3) is 11.8 Å². The Hall–Kier alpha value is -3.04. The molecular formula is C23H27N4O5PS. The van der Waals surface area contributed by atoms with Crippen LogP contribution in [0.3, 0.4) is 0 Å². The number of aromatic nitrogens is 1. The third-order valence-corrected chi connectivity index (χ3v) is 7.51. The molecular weight excluding hydrogens is 475 g/mol. The molecule has 180 valence electrons. The van der Waals surface area contributed by atoms with Gasteiger partial charge in [0.1, 0.15) is 5.00 Å². The number of hydrogen-bond acceptors (Lipinski definition) is 8. The summed E-state index contributed by atoms with van der Waals surface area (Å²) in [4.78, 5) is 29.5. The van der Waals surface area contributed by atoms with E-state index in [-0.39, 0.29) is 25.1 Å². The molecule has 2 amide bonds. The summed E-state index contributed by atoms with van der Waals surface area (Å²) in [5.41, 5.74) is 2.02. The molecule has 0 bridgehead atoms. The molecule has 1 aromatic heterocycles. The van der Waals surface area contributed by atoms with Crippen LogP contribution in [0.4, 0.5) is 15.8 Å². The highest BCUT2D eigenvalue weighted by Gasteiger charge is 2.24. The molecule has 3 N–H and O–H groups in total. The standard InChI is InChI=1S/C23H27N4O5PS/c1-4-31-33(30,32-5-2)15-16-11-13-17(14-12-16)20(28)27-22-19(21(29)24-3)26-23(34-22)25-18-9-7-6-8-10-18/h6-14H,4-5,15H2,1-3H3,(H,24,29)(H,25,26)(H,27,28). The van der Waals surface area contributed by atoms with Crippen LogP contribution in [-0.4, -0.2) is 37.1 Å². The summed E-state index contributed by atoms with van der Waals surface area (Å²) in [5.74, 6) is -0.810. The highest BCUT2D eigenvalue weighted by molar-refractivity contribution is 7.53. The maximum absolute atomic E-state index is 12.9. The van der Waals surface area contributed by atoms with Gasteiger partial charge in [0.05, 0.1) is 19.4 Å². The van der Waals surface area contributed by atoms with E-state index in [1.807, 2.05) is 30.3 Å². The van der Waals surface area contributed by atoms with Crippen LogP contribution in [0.1, 0.15) is 40.3 Å². The number of nitrogens with one attached hydrogen (secondary N) is 3. The van der Waals surface area contributed by atoms with E-state index >= 15 is 0 Å². The minimum atomic E-state index is -3.24. The van der Waals surface area contributed by atoms with Gasteiger partial charge in [-0.15, -0.1) is 0 Å². The number of nitrogens with zero attached hydrogens (tertiary/aromatic N) is 1. The first-order valence-electron chi connectivity index (χ1n) is 10.7. The highest BCUT2D eigenvalue weighted by Crippen LogP contribution is 2.51. The number of para-hydroxylation sites is 1. The largest absolute Gasteiger partial charge is 0.354 e. The summed E-state index contributed by atoms with van der Waals surface area (Å²) in [6, 6.07) is 16.0. The quantitative estimate of drug-likeness (QED) is 0.306. The zero-order valence-corrected chi connectivity index (χ0v) is 20.9. The fourth-order valence-electron chi connectivity index (χ4n) is 3.06. The molecule has 0 unspecified atom stereocenters. The zero-order valence-electron chi connectivity index (χ0n) is 19.2. The molecule has 3 rings (SSSR count). The van der Waals surface area contributed by atoms with Gasteiger partial charge < -0.3 is 25.0 Å². The SMILES string of the molecule is CCOP(=O)(Cc1ccc(C(=O)Nc2sc(Nc3ccccc3)nc2C(=O)NC)cc1)OCC. The molecule has 0 aliphatic heterocycles. The number of carbonyl (C=O) groups excluding carboxylic acids is 2. The molecule has 11 heteroatoms. The van der Waals surface area contributed by atoms with E-state index in [0.717, 1.165) is 22.6 Å². The van der Waals surface area contributed by atoms with Gasteiger partial charge in [-0.3, -0.25) is 14.2 Å². The molecule has 0 radical (unpaired) electrons. The molecule has 0 saturated heterocycles. The molecule has 9 nitrogen and oxygen atoms in total. The smallest absolute Gasteiger partial charge is 0.335 e. The Morgan fingerprint density at radius 2 is 1.62 bits per heavy atom. The first-order chi connectivity index (χ1) is 16.4. The van der Waals surface area contributed by atoms with E-state index in [1.165, 1.54) is 7.05 Å². The Balaban J connectivity index is 1.75. The van der Waals surface area contributed by atoms with Crippen molar-refractivity contribution in [2.75, 3.05) is 30.9 Å². The molecule has 34 heavy (non-hydrogen) atoms. The molecule has 3 aromatic rings. The van der Waals surface area contributed by atoms with Crippen molar-refractivity contribution in [2.24, 2.45) is 0 Å². The van der Waals surface area contributed by atoms with E-state index in [9.17, 15) is 14.2 Å². The molecule has 0 fully saturated rings. The fourth-order valence-corrected chi connectivity index (χ4v) is 5.64. The Kier molecular flexibility index (Phi) is 8.95. The minimum Gasteiger partial charge on any atom is -0.354 e.